The fourth-order valence-electron chi connectivity index (χ4n) is 6.34. The highest BCUT2D eigenvalue weighted by Gasteiger charge is 2.50. The number of aliphatic hydroxyl groups is 1. The maximum Gasteiger partial charge on any atom is 0.198 e. The predicted octanol–water partition coefficient (Wildman–Crippen LogP) is 3.25. The van der Waals surface area contributed by atoms with E-state index in [0.29, 0.717) is 12.0 Å². The number of phenolic OH excluding ortho intramolecular Hbond substituents is 2. The fraction of sp³-hybridized carbons (Fsp3) is 0.500. The third kappa shape index (κ3) is 4.02. The number of aromatic hydroxyl groups is 2. The first-order valence-electron chi connectivity index (χ1n) is 13.2. The van der Waals surface area contributed by atoms with Gasteiger partial charge < -0.3 is 30.1 Å². The van der Waals surface area contributed by atoms with Crippen molar-refractivity contribution in [3.8, 4) is 11.5 Å². The Morgan fingerprint density at radius 3 is 2.41 bits per heavy atom. The number of ether oxygens (including phenoxy) is 2. The van der Waals surface area contributed by atoms with Crippen LogP contribution in [0.2, 0.25) is 0 Å². The maximum absolute atomic E-state index is 13.7. The summed E-state index contributed by atoms with van der Waals surface area (Å²) in [7, 11) is 1.85. The average Bonchev–Trinajstić information content (AvgIpc) is 2.86. The fourth-order valence-corrected chi connectivity index (χ4v) is 6.34. The lowest BCUT2D eigenvalue weighted by molar-refractivity contribution is -0.254. The molecule has 1 fully saturated rings. The molecule has 3 unspecified atom stereocenters. The van der Waals surface area contributed by atoms with E-state index >= 15 is 0 Å². The number of hydrogen-bond donors (Lipinski definition) is 4. The van der Waals surface area contributed by atoms with E-state index in [9.17, 15) is 29.7 Å². The first kappa shape index (κ1) is 27.5. The van der Waals surface area contributed by atoms with Gasteiger partial charge in [0.05, 0.1) is 23.3 Å². The summed E-state index contributed by atoms with van der Waals surface area (Å²) in [6, 6.07) is 4.86. The number of ketones is 3. The number of Topliss-reactive ketones (excluding diaryl/α,β-unsaturated/α-hetero) is 1. The van der Waals surface area contributed by atoms with Crippen molar-refractivity contribution >= 4 is 17.3 Å². The van der Waals surface area contributed by atoms with Crippen molar-refractivity contribution in [2.45, 2.75) is 84.0 Å². The van der Waals surface area contributed by atoms with Gasteiger partial charge in [-0.2, -0.15) is 0 Å². The zero-order valence-corrected chi connectivity index (χ0v) is 23.0. The third-order valence-corrected chi connectivity index (χ3v) is 9.15. The highest BCUT2D eigenvalue weighted by atomic mass is 16.7. The molecule has 2 aromatic carbocycles. The molecule has 0 saturated carbocycles. The molecule has 2 aromatic rings. The Balaban J connectivity index is 1.66. The van der Waals surface area contributed by atoms with Crippen molar-refractivity contribution in [3.05, 3.63) is 57.1 Å². The van der Waals surface area contributed by atoms with E-state index < -0.39 is 46.8 Å². The molecule has 1 saturated heterocycles. The SMILES string of the molecule is CNC1CC(O[C@H]2C[C@](O)(C(C)=O)Cc3c(O)c4c(c(O)c32)C(=O)c2c(C)cccc2C4=O)OC(C)C1(C)C. The Morgan fingerprint density at radius 2 is 1.77 bits per heavy atom. The molecule has 5 atom stereocenters. The largest absolute Gasteiger partial charge is 0.507 e. The zero-order chi connectivity index (χ0) is 28.6. The van der Waals surface area contributed by atoms with Gasteiger partial charge in [-0.3, -0.25) is 14.4 Å². The molecule has 0 radical (unpaired) electrons. The van der Waals surface area contributed by atoms with Gasteiger partial charge in [0.1, 0.15) is 17.1 Å². The molecule has 1 aliphatic heterocycles. The van der Waals surface area contributed by atoms with Crippen molar-refractivity contribution in [2.24, 2.45) is 5.41 Å². The summed E-state index contributed by atoms with van der Waals surface area (Å²) in [6.45, 7) is 9.04. The smallest absolute Gasteiger partial charge is 0.198 e. The van der Waals surface area contributed by atoms with Gasteiger partial charge in [0.2, 0.25) is 0 Å². The monoisotopic (exact) mass is 537 g/mol. The maximum atomic E-state index is 13.7. The minimum Gasteiger partial charge on any atom is -0.507 e. The topological polar surface area (TPSA) is 142 Å². The first-order valence-corrected chi connectivity index (χ1v) is 13.2. The van der Waals surface area contributed by atoms with Crippen LogP contribution >= 0.6 is 0 Å². The molecule has 39 heavy (non-hydrogen) atoms. The molecule has 0 aromatic heterocycles. The second-order valence-corrected chi connectivity index (χ2v) is 11.7. The quantitative estimate of drug-likeness (QED) is 0.369. The van der Waals surface area contributed by atoms with Crippen LogP contribution in [-0.2, 0) is 20.7 Å². The second kappa shape index (κ2) is 9.23. The van der Waals surface area contributed by atoms with Crippen LogP contribution in [0.5, 0.6) is 11.5 Å². The van der Waals surface area contributed by atoms with Gasteiger partial charge >= 0.3 is 0 Å². The van der Waals surface area contributed by atoms with E-state index in [1.807, 2.05) is 14.0 Å². The van der Waals surface area contributed by atoms with Gasteiger partial charge in [0.15, 0.2) is 23.6 Å². The zero-order valence-electron chi connectivity index (χ0n) is 23.0. The van der Waals surface area contributed by atoms with E-state index in [1.165, 1.54) is 13.0 Å². The van der Waals surface area contributed by atoms with Gasteiger partial charge in [-0.15, -0.1) is 0 Å². The molecule has 9 nitrogen and oxygen atoms in total. The van der Waals surface area contributed by atoms with Crippen LogP contribution in [-0.4, -0.2) is 63.8 Å². The first-order chi connectivity index (χ1) is 18.2. The number of fused-ring (bicyclic) bond motifs is 3. The van der Waals surface area contributed by atoms with Crippen molar-refractivity contribution in [1.82, 2.24) is 5.32 Å². The highest BCUT2D eigenvalue weighted by molar-refractivity contribution is 6.31. The van der Waals surface area contributed by atoms with E-state index in [4.69, 9.17) is 9.47 Å². The molecule has 208 valence electrons. The molecule has 1 heterocycles. The Labute approximate surface area is 227 Å². The summed E-state index contributed by atoms with van der Waals surface area (Å²) in [4.78, 5) is 39.8. The number of hydrogen-bond acceptors (Lipinski definition) is 9. The third-order valence-electron chi connectivity index (χ3n) is 9.15. The molecule has 0 amide bonds. The number of benzene rings is 2. The lowest BCUT2D eigenvalue weighted by Crippen LogP contribution is -2.55. The number of phenols is 2. The van der Waals surface area contributed by atoms with Crippen LogP contribution < -0.4 is 5.32 Å². The Kier molecular flexibility index (Phi) is 6.50. The predicted molar refractivity (Wildman–Crippen MR) is 141 cm³/mol. The van der Waals surface area contributed by atoms with Crippen molar-refractivity contribution < 1.29 is 39.2 Å². The number of nitrogens with one attached hydrogen (secondary N) is 1. The minimum absolute atomic E-state index is 0.00630. The van der Waals surface area contributed by atoms with E-state index in [2.05, 4.69) is 19.2 Å². The molecule has 9 heteroatoms. The summed E-state index contributed by atoms with van der Waals surface area (Å²) in [5.74, 6) is -2.77. The second-order valence-electron chi connectivity index (χ2n) is 11.7. The van der Waals surface area contributed by atoms with Gasteiger partial charge in [-0.1, -0.05) is 32.0 Å². The Bertz CT molecular complexity index is 1410. The summed E-state index contributed by atoms with van der Waals surface area (Å²) >= 11 is 0. The summed E-state index contributed by atoms with van der Waals surface area (Å²) < 4.78 is 12.5. The van der Waals surface area contributed by atoms with Crippen molar-refractivity contribution in [3.63, 3.8) is 0 Å². The lowest BCUT2D eigenvalue weighted by atomic mass is 9.71. The molecule has 0 spiro atoms. The summed E-state index contributed by atoms with van der Waals surface area (Å²) in [5, 5.41) is 37.6. The van der Waals surface area contributed by atoms with E-state index in [-0.39, 0.29) is 63.8 Å². The number of aryl methyl sites for hydroxylation is 1. The number of rotatable bonds is 4. The molecule has 4 N–H and O–H groups in total. The van der Waals surface area contributed by atoms with Crippen molar-refractivity contribution in [2.75, 3.05) is 7.05 Å². The number of carbonyl (C=O) groups excluding carboxylic acids is 3. The van der Waals surface area contributed by atoms with Crippen LogP contribution in [0.4, 0.5) is 0 Å². The summed E-state index contributed by atoms with van der Waals surface area (Å²) in [6.07, 6.45) is -2.21. The molecule has 3 aliphatic rings. The van der Waals surface area contributed by atoms with Crippen LogP contribution in [0.1, 0.15) is 95.2 Å². The molecular weight excluding hydrogens is 502 g/mol. The Morgan fingerprint density at radius 1 is 1.10 bits per heavy atom. The molecule has 2 aliphatic carbocycles. The molecule has 0 bridgehead atoms. The average molecular weight is 538 g/mol. The Hall–Kier alpha value is -3.11. The summed E-state index contributed by atoms with van der Waals surface area (Å²) in [5.41, 5.74) is -1.82. The van der Waals surface area contributed by atoms with Gasteiger partial charge in [0, 0.05) is 53.0 Å². The van der Waals surface area contributed by atoms with Gasteiger partial charge in [-0.25, -0.2) is 0 Å². The lowest BCUT2D eigenvalue weighted by Gasteiger charge is -2.48. The minimum atomic E-state index is -1.92. The van der Waals surface area contributed by atoms with Crippen LogP contribution in [0.25, 0.3) is 0 Å². The number of carbonyl (C=O) groups is 3. The van der Waals surface area contributed by atoms with Gasteiger partial charge in [-0.05, 0) is 33.4 Å². The standard InChI is InChI=1S/C30H35NO8/c1-13-8-7-9-16-21(13)27(35)24-23(25(16)33)26(34)17-11-30(37,14(2)32)12-18(22(17)28(24)36)39-20-10-19(31-6)29(4,5)15(3)38-20/h7-9,15,18-20,31,34,36-37H,10-12H2,1-6H3/t15?,18-,19?,20?,30-/m0/s1. The van der Waals surface area contributed by atoms with Crippen molar-refractivity contribution in [1.29, 1.82) is 0 Å². The van der Waals surface area contributed by atoms with E-state index in [1.54, 1.807) is 19.1 Å². The van der Waals surface area contributed by atoms with E-state index in [0.717, 1.165) is 0 Å². The molecular formula is C30H35NO8. The van der Waals surface area contributed by atoms with Gasteiger partial charge in [0.25, 0.3) is 0 Å². The van der Waals surface area contributed by atoms with Crippen LogP contribution in [0.3, 0.4) is 0 Å². The van der Waals surface area contributed by atoms with Crippen LogP contribution in [0.15, 0.2) is 18.2 Å². The highest BCUT2D eigenvalue weighted by Crippen LogP contribution is 2.52. The normalized spacial score (nSPS) is 29.4. The molecule has 5 rings (SSSR count). The van der Waals surface area contributed by atoms with Crippen LogP contribution in [0, 0.1) is 12.3 Å².